The molecule has 2 atom stereocenters. The van der Waals surface area contributed by atoms with Crippen LogP contribution >= 0.6 is 0 Å². The number of hydrogen-bond acceptors (Lipinski definition) is 4. The monoisotopic (exact) mass is 341 g/mol. The van der Waals surface area contributed by atoms with Crippen molar-refractivity contribution in [3.05, 3.63) is 42.7 Å². The van der Waals surface area contributed by atoms with Gasteiger partial charge in [-0.25, -0.2) is 4.68 Å². The van der Waals surface area contributed by atoms with Gasteiger partial charge in [0.05, 0.1) is 5.69 Å². The number of hydrogen-bond donors (Lipinski definition) is 2. The van der Waals surface area contributed by atoms with E-state index in [4.69, 9.17) is 5.73 Å². The second kappa shape index (κ2) is 9.02. The van der Waals surface area contributed by atoms with Gasteiger partial charge in [-0.1, -0.05) is 19.8 Å². The van der Waals surface area contributed by atoms with Crippen LogP contribution in [0.25, 0.3) is 5.69 Å². The molecule has 1 fully saturated rings. The summed E-state index contributed by atoms with van der Waals surface area (Å²) in [6, 6.07) is 11.4. The normalized spacial score (nSPS) is 20.6. The van der Waals surface area contributed by atoms with Gasteiger partial charge in [0.1, 0.15) is 0 Å². The van der Waals surface area contributed by atoms with Gasteiger partial charge in [0, 0.05) is 49.8 Å². The number of benzene rings is 1. The van der Waals surface area contributed by atoms with E-state index in [9.17, 15) is 0 Å². The van der Waals surface area contributed by atoms with Crippen molar-refractivity contribution in [2.24, 2.45) is 5.73 Å². The molecule has 2 unspecified atom stereocenters. The van der Waals surface area contributed by atoms with Crippen LogP contribution in [0.4, 0.5) is 5.69 Å². The Kier molecular flexibility index (Phi) is 6.48. The molecule has 1 aromatic carbocycles. The Bertz CT molecular complexity index is 608. The molecule has 1 aliphatic carbocycles. The predicted molar refractivity (Wildman–Crippen MR) is 104 cm³/mol. The standard InChI is InChI=1S/C20H31N5/c1-2-14-24(16-13-22-20-7-4-3-6-19(20)21)17-8-10-18(11-9-17)25-15-5-12-23-25/h5,8-12,15,19-20,22H,2-4,6-7,13-14,16,21H2,1H3. The zero-order valence-corrected chi connectivity index (χ0v) is 15.3. The Morgan fingerprint density at radius 2 is 2.00 bits per heavy atom. The predicted octanol–water partition coefficient (Wildman–Crippen LogP) is 2.95. The van der Waals surface area contributed by atoms with E-state index in [1.165, 1.54) is 24.9 Å². The molecule has 5 nitrogen and oxygen atoms in total. The first kappa shape index (κ1) is 18.0. The fraction of sp³-hybridized carbons (Fsp3) is 0.550. The lowest BCUT2D eigenvalue weighted by Gasteiger charge is -2.31. The van der Waals surface area contributed by atoms with Crippen molar-refractivity contribution < 1.29 is 0 Å². The summed E-state index contributed by atoms with van der Waals surface area (Å²) in [5.41, 5.74) is 8.61. The van der Waals surface area contributed by atoms with E-state index in [0.717, 1.165) is 38.2 Å². The number of anilines is 1. The second-order valence-electron chi connectivity index (χ2n) is 6.96. The van der Waals surface area contributed by atoms with Crippen molar-refractivity contribution >= 4 is 5.69 Å². The van der Waals surface area contributed by atoms with Crippen molar-refractivity contribution in [1.29, 1.82) is 0 Å². The van der Waals surface area contributed by atoms with Crippen molar-refractivity contribution in [2.75, 3.05) is 24.5 Å². The zero-order chi connectivity index (χ0) is 17.5. The number of nitrogens with one attached hydrogen (secondary N) is 1. The summed E-state index contributed by atoms with van der Waals surface area (Å²) in [4.78, 5) is 2.45. The number of aromatic nitrogens is 2. The molecule has 1 aliphatic rings. The summed E-state index contributed by atoms with van der Waals surface area (Å²) in [5, 5.41) is 7.97. The van der Waals surface area contributed by atoms with E-state index in [2.05, 4.69) is 46.5 Å². The molecule has 1 aromatic heterocycles. The smallest absolute Gasteiger partial charge is 0.0647 e. The van der Waals surface area contributed by atoms with E-state index in [1.807, 2.05) is 16.9 Å². The molecule has 25 heavy (non-hydrogen) atoms. The van der Waals surface area contributed by atoms with Crippen LogP contribution in [0.1, 0.15) is 39.0 Å². The summed E-state index contributed by atoms with van der Waals surface area (Å²) < 4.78 is 1.89. The van der Waals surface area contributed by atoms with Crippen LogP contribution in [0.2, 0.25) is 0 Å². The molecule has 1 saturated carbocycles. The maximum Gasteiger partial charge on any atom is 0.0647 e. The zero-order valence-electron chi connectivity index (χ0n) is 15.3. The molecule has 0 radical (unpaired) electrons. The highest BCUT2D eigenvalue weighted by Gasteiger charge is 2.21. The summed E-state index contributed by atoms with van der Waals surface area (Å²) in [6.07, 6.45) is 9.88. The van der Waals surface area contributed by atoms with E-state index >= 15 is 0 Å². The van der Waals surface area contributed by atoms with Gasteiger partial charge in [0.25, 0.3) is 0 Å². The van der Waals surface area contributed by atoms with E-state index in [0.29, 0.717) is 12.1 Å². The maximum absolute atomic E-state index is 6.24. The third-order valence-corrected chi connectivity index (χ3v) is 5.08. The van der Waals surface area contributed by atoms with Gasteiger partial charge in [-0.15, -0.1) is 0 Å². The first-order chi connectivity index (χ1) is 12.3. The molecule has 0 amide bonds. The fourth-order valence-corrected chi connectivity index (χ4v) is 3.68. The van der Waals surface area contributed by atoms with Gasteiger partial charge >= 0.3 is 0 Å². The molecular weight excluding hydrogens is 310 g/mol. The van der Waals surface area contributed by atoms with E-state index in [1.54, 1.807) is 6.20 Å². The molecule has 0 saturated heterocycles. The summed E-state index contributed by atoms with van der Waals surface area (Å²) in [6.45, 7) is 5.30. The third-order valence-electron chi connectivity index (χ3n) is 5.08. The minimum absolute atomic E-state index is 0.321. The molecule has 1 heterocycles. The first-order valence-corrected chi connectivity index (χ1v) is 9.62. The number of rotatable bonds is 8. The van der Waals surface area contributed by atoms with Crippen LogP contribution in [0, 0.1) is 0 Å². The first-order valence-electron chi connectivity index (χ1n) is 9.62. The Morgan fingerprint density at radius 3 is 2.68 bits per heavy atom. The van der Waals surface area contributed by atoms with Crippen LogP contribution in [0.15, 0.2) is 42.7 Å². The number of nitrogens with two attached hydrogens (primary N) is 1. The lowest BCUT2D eigenvalue weighted by molar-refractivity contribution is 0.330. The van der Waals surface area contributed by atoms with Crippen molar-refractivity contribution in [3.8, 4) is 5.69 Å². The minimum Gasteiger partial charge on any atom is -0.370 e. The van der Waals surface area contributed by atoms with Crippen LogP contribution in [-0.2, 0) is 0 Å². The Labute approximate surface area is 151 Å². The molecule has 0 aliphatic heterocycles. The second-order valence-corrected chi connectivity index (χ2v) is 6.96. The molecular formula is C20H31N5. The van der Waals surface area contributed by atoms with Crippen molar-refractivity contribution in [3.63, 3.8) is 0 Å². The van der Waals surface area contributed by atoms with Gasteiger partial charge in [0.2, 0.25) is 0 Å². The summed E-state index contributed by atoms with van der Waals surface area (Å²) in [7, 11) is 0. The van der Waals surface area contributed by atoms with Crippen molar-refractivity contribution in [1.82, 2.24) is 15.1 Å². The fourth-order valence-electron chi connectivity index (χ4n) is 3.68. The number of nitrogens with zero attached hydrogens (tertiary/aromatic N) is 3. The van der Waals surface area contributed by atoms with Crippen LogP contribution in [-0.4, -0.2) is 41.5 Å². The molecule has 5 heteroatoms. The van der Waals surface area contributed by atoms with Crippen LogP contribution in [0.3, 0.4) is 0 Å². The average molecular weight is 342 g/mol. The molecule has 2 aromatic rings. The van der Waals surface area contributed by atoms with Crippen LogP contribution < -0.4 is 16.0 Å². The Morgan fingerprint density at radius 1 is 1.20 bits per heavy atom. The summed E-state index contributed by atoms with van der Waals surface area (Å²) in [5.74, 6) is 0. The summed E-state index contributed by atoms with van der Waals surface area (Å²) >= 11 is 0. The lowest BCUT2D eigenvalue weighted by Crippen LogP contribution is -2.49. The highest BCUT2D eigenvalue weighted by molar-refractivity contribution is 5.50. The SMILES string of the molecule is CCCN(CCNC1CCCCC1N)c1ccc(-n2cccn2)cc1. The lowest BCUT2D eigenvalue weighted by atomic mass is 9.91. The molecule has 0 spiro atoms. The quantitative estimate of drug-likeness (QED) is 0.775. The van der Waals surface area contributed by atoms with Gasteiger partial charge in [-0.05, 0) is 49.6 Å². The minimum atomic E-state index is 0.321. The van der Waals surface area contributed by atoms with E-state index in [-0.39, 0.29) is 0 Å². The maximum atomic E-state index is 6.24. The van der Waals surface area contributed by atoms with Gasteiger partial charge in [0.15, 0.2) is 0 Å². The van der Waals surface area contributed by atoms with E-state index < -0.39 is 0 Å². The van der Waals surface area contributed by atoms with Crippen LogP contribution in [0.5, 0.6) is 0 Å². The average Bonchev–Trinajstić information content (AvgIpc) is 3.17. The van der Waals surface area contributed by atoms with Gasteiger partial charge in [-0.2, -0.15) is 5.10 Å². The largest absolute Gasteiger partial charge is 0.370 e. The van der Waals surface area contributed by atoms with Gasteiger partial charge < -0.3 is 16.0 Å². The third kappa shape index (κ3) is 4.83. The molecule has 3 rings (SSSR count). The highest BCUT2D eigenvalue weighted by atomic mass is 15.3. The highest BCUT2D eigenvalue weighted by Crippen LogP contribution is 2.19. The topological polar surface area (TPSA) is 59.1 Å². The molecule has 3 N–H and O–H groups in total. The Balaban J connectivity index is 1.56. The molecule has 0 bridgehead atoms. The Hall–Kier alpha value is -1.85. The van der Waals surface area contributed by atoms with Gasteiger partial charge in [-0.3, -0.25) is 0 Å². The van der Waals surface area contributed by atoms with Crippen molar-refractivity contribution in [2.45, 2.75) is 51.1 Å². The molecule has 136 valence electrons.